The van der Waals surface area contributed by atoms with Gasteiger partial charge in [0, 0.05) is 31.0 Å². The molecule has 2 atom stereocenters. The molecule has 0 unspecified atom stereocenters. The number of nitrogens with one attached hydrogen (secondary N) is 1. The Balaban J connectivity index is 1.55. The fraction of sp³-hybridized carbons (Fsp3) is 0.500. The molecule has 3 heterocycles. The first-order valence-electron chi connectivity index (χ1n) is 9.32. The van der Waals surface area contributed by atoms with E-state index in [9.17, 15) is 0 Å². The van der Waals surface area contributed by atoms with Gasteiger partial charge >= 0.3 is 0 Å². The van der Waals surface area contributed by atoms with E-state index < -0.39 is 0 Å². The van der Waals surface area contributed by atoms with Gasteiger partial charge in [-0.1, -0.05) is 24.3 Å². The number of aromatic nitrogens is 2. The minimum absolute atomic E-state index is 0.475. The summed E-state index contributed by atoms with van der Waals surface area (Å²) in [7, 11) is 0. The number of hydrogen-bond donors (Lipinski definition) is 1. The van der Waals surface area contributed by atoms with Crippen LogP contribution < -0.4 is 10.2 Å². The van der Waals surface area contributed by atoms with Crippen molar-refractivity contribution in [3.05, 3.63) is 47.3 Å². The van der Waals surface area contributed by atoms with E-state index >= 15 is 0 Å². The third-order valence-electron chi connectivity index (χ3n) is 5.70. The molecular formula is C20H24N4. The van der Waals surface area contributed by atoms with E-state index in [0.29, 0.717) is 17.9 Å². The molecule has 0 spiro atoms. The maximum atomic E-state index is 4.97. The first-order chi connectivity index (χ1) is 11.8. The van der Waals surface area contributed by atoms with Crippen LogP contribution in [0.15, 0.2) is 30.3 Å². The number of hydrogen-bond acceptors (Lipinski definition) is 4. The van der Waals surface area contributed by atoms with E-state index in [1.807, 2.05) is 0 Å². The Bertz CT molecular complexity index is 768. The Kier molecular flexibility index (Phi) is 3.25. The summed E-state index contributed by atoms with van der Waals surface area (Å²) in [5.74, 6) is 4.37. The Labute approximate surface area is 143 Å². The van der Waals surface area contributed by atoms with Gasteiger partial charge in [0.05, 0.1) is 6.04 Å². The molecule has 2 aliphatic heterocycles. The zero-order chi connectivity index (χ0) is 16.1. The number of anilines is 2. The highest BCUT2D eigenvalue weighted by atomic mass is 15.2. The smallest absolute Gasteiger partial charge is 0.136 e. The molecule has 2 fully saturated rings. The van der Waals surface area contributed by atoms with Gasteiger partial charge in [0.1, 0.15) is 17.5 Å². The maximum Gasteiger partial charge on any atom is 0.136 e. The molecule has 1 N–H and O–H groups in total. The van der Waals surface area contributed by atoms with E-state index in [-0.39, 0.29) is 0 Å². The second-order valence-corrected chi connectivity index (χ2v) is 7.35. The van der Waals surface area contributed by atoms with Gasteiger partial charge in [-0.15, -0.1) is 0 Å². The molecule has 4 aliphatic rings. The molecule has 1 saturated carbocycles. The third-order valence-corrected chi connectivity index (χ3v) is 5.70. The summed E-state index contributed by atoms with van der Waals surface area (Å²) in [4.78, 5) is 12.2. The summed E-state index contributed by atoms with van der Waals surface area (Å²) in [6.07, 6.45) is 5.02. The minimum Gasteiger partial charge on any atom is -0.370 e. The van der Waals surface area contributed by atoms with Gasteiger partial charge in [-0.25, -0.2) is 9.97 Å². The van der Waals surface area contributed by atoms with Crippen LogP contribution in [-0.4, -0.2) is 23.1 Å². The van der Waals surface area contributed by atoms with Gasteiger partial charge in [0.15, 0.2) is 0 Å². The molecule has 2 aliphatic carbocycles. The van der Waals surface area contributed by atoms with Crippen molar-refractivity contribution < 1.29 is 0 Å². The molecule has 0 amide bonds. The third kappa shape index (κ3) is 2.27. The zero-order valence-corrected chi connectivity index (χ0v) is 14.2. The van der Waals surface area contributed by atoms with Crippen molar-refractivity contribution in [2.75, 3.05) is 23.3 Å². The average Bonchev–Trinajstić information content (AvgIpc) is 3.48. The standard InChI is InChI=1S/C20H24N4/c1-2-21-18-11-19(23-20(22-18)13-7-8-13)24-12-14-9-10-17(24)16-6-4-3-5-15(14)16/h3-6,11,13-14,17H,2,7-10,12H2,1H3,(H,21,22,23)/t14-,17+/m1/s1. The predicted molar refractivity (Wildman–Crippen MR) is 96.7 cm³/mol. The Morgan fingerprint density at radius 3 is 2.62 bits per heavy atom. The van der Waals surface area contributed by atoms with Crippen molar-refractivity contribution in [2.45, 2.75) is 50.5 Å². The Morgan fingerprint density at radius 2 is 1.83 bits per heavy atom. The van der Waals surface area contributed by atoms with Crippen LogP contribution in [-0.2, 0) is 0 Å². The van der Waals surface area contributed by atoms with Crippen LogP contribution in [0.5, 0.6) is 0 Å². The molecule has 124 valence electrons. The van der Waals surface area contributed by atoms with Crippen LogP contribution in [0.1, 0.15) is 67.4 Å². The Morgan fingerprint density at radius 1 is 1.04 bits per heavy atom. The first kappa shape index (κ1) is 14.3. The highest BCUT2D eigenvalue weighted by molar-refractivity contribution is 5.55. The van der Waals surface area contributed by atoms with Crippen LogP contribution in [0.3, 0.4) is 0 Å². The van der Waals surface area contributed by atoms with E-state index in [4.69, 9.17) is 9.97 Å². The lowest BCUT2D eigenvalue weighted by Crippen LogP contribution is -2.43. The molecule has 0 radical (unpaired) electrons. The molecule has 4 heteroatoms. The molecular weight excluding hydrogens is 296 g/mol. The molecule has 6 rings (SSSR count). The number of fused-ring (bicyclic) bond motifs is 2. The van der Waals surface area contributed by atoms with Gasteiger partial charge in [-0.2, -0.15) is 0 Å². The van der Waals surface area contributed by atoms with Crippen LogP contribution in [0.2, 0.25) is 0 Å². The number of piperidine rings is 1. The summed E-state index contributed by atoms with van der Waals surface area (Å²) < 4.78 is 0. The molecule has 1 aromatic heterocycles. The van der Waals surface area contributed by atoms with Crippen LogP contribution in [0, 0.1) is 0 Å². The fourth-order valence-electron chi connectivity index (χ4n) is 4.38. The molecule has 1 aromatic carbocycles. The second kappa shape index (κ2) is 5.47. The molecule has 24 heavy (non-hydrogen) atoms. The van der Waals surface area contributed by atoms with E-state index in [1.54, 1.807) is 5.56 Å². The summed E-state index contributed by atoms with van der Waals surface area (Å²) >= 11 is 0. The first-order valence-corrected chi connectivity index (χ1v) is 9.32. The monoisotopic (exact) mass is 320 g/mol. The average molecular weight is 320 g/mol. The predicted octanol–water partition coefficient (Wildman–Crippen LogP) is 4.22. The topological polar surface area (TPSA) is 41.0 Å². The van der Waals surface area contributed by atoms with Crippen molar-refractivity contribution in [3.63, 3.8) is 0 Å². The van der Waals surface area contributed by atoms with E-state index in [0.717, 1.165) is 30.5 Å². The number of nitrogens with zero attached hydrogens (tertiary/aromatic N) is 3. The lowest BCUT2D eigenvalue weighted by molar-refractivity contribution is 0.387. The fourth-order valence-corrected chi connectivity index (χ4v) is 4.38. The Hall–Kier alpha value is -2.10. The SMILES string of the molecule is CCNc1cc(N2C[C@H]3CC[C@H]2c2ccccc23)nc(C2CC2)n1. The van der Waals surface area contributed by atoms with Crippen molar-refractivity contribution in [2.24, 2.45) is 0 Å². The summed E-state index contributed by atoms with van der Waals surface area (Å²) in [5.41, 5.74) is 3.07. The largest absolute Gasteiger partial charge is 0.370 e. The lowest BCUT2D eigenvalue weighted by Gasteiger charge is -2.47. The van der Waals surface area contributed by atoms with Crippen molar-refractivity contribution in [3.8, 4) is 0 Å². The summed E-state index contributed by atoms with van der Waals surface area (Å²) in [6.45, 7) is 4.11. The van der Waals surface area contributed by atoms with E-state index in [1.165, 1.54) is 31.2 Å². The van der Waals surface area contributed by atoms with Crippen LogP contribution >= 0.6 is 0 Å². The maximum absolute atomic E-state index is 4.97. The molecule has 2 bridgehead atoms. The summed E-state index contributed by atoms with van der Waals surface area (Å²) in [6, 6.07) is 11.6. The van der Waals surface area contributed by atoms with Crippen molar-refractivity contribution >= 4 is 11.6 Å². The summed E-state index contributed by atoms with van der Waals surface area (Å²) in [5, 5.41) is 3.40. The molecule has 1 saturated heterocycles. The van der Waals surface area contributed by atoms with Crippen LogP contribution in [0.25, 0.3) is 0 Å². The van der Waals surface area contributed by atoms with E-state index in [2.05, 4.69) is 47.5 Å². The lowest BCUT2D eigenvalue weighted by atomic mass is 9.75. The zero-order valence-electron chi connectivity index (χ0n) is 14.2. The second-order valence-electron chi connectivity index (χ2n) is 7.35. The normalized spacial score (nSPS) is 24.8. The van der Waals surface area contributed by atoms with Gasteiger partial charge in [0.25, 0.3) is 0 Å². The highest BCUT2D eigenvalue weighted by Gasteiger charge is 2.39. The van der Waals surface area contributed by atoms with Crippen LogP contribution in [0.4, 0.5) is 11.6 Å². The molecule has 4 nitrogen and oxygen atoms in total. The van der Waals surface area contributed by atoms with Gasteiger partial charge < -0.3 is 10.2 Å². The molecule has 2 aromatic rings. The van der Waals surface area contributed by atoms with Crippen molar-refractivity contribution in [1.82, 2.24) is 9.97 Å². The quantitative estimate of drug-likeness (QED) is 0.915. The minimum atomic E-state index is 0.475. The number of benzene rings is 1. The number of rotatable bonds is 4. The van der Waals surface area contributed by atoms with Gasteiger partial charge in [-0.05, 0) is 43.7 Å². The van der Waals surface area contributed by atoms with Gasteiger partial charge in [0.2, 0.25) is 0 Å². The van der Waals surface area contributed by atoms with Crippen molar-refractivity contribution in [1.29, 1.82) is 0 Å². The van der Waals surface area contributed by atoms with Gasteiger partial charge in [-0.3, -0.25) is 0 Å². The highest BCUT2D eigenvalue weighted by Crippen LogP contribution is 2.48.